The highest BCUT2D eigenvalue weighted by molar-refractivity contribution is 7.10. The Morgan fingerprint density at radius 2 is 2.24 bits per heavy atom. The summed E-state index contributed by atoms with van der Waals surface area (Å²) in [5.41, 5.74) is 2.22. The van der Waals surface area contributed by atoms with Crippen LogP contribution in [0.1, 0.15) is 4.88 Å². The predicted octanol–water partition coefficient (Wildman–Crippen LogP) is 3.30. The number of aromatic nitrogens is 2. The first-order chi connectivity index (χ1) is 8.26. The summed E-state index contributed by atoms with van der Waals surface area (Å²) in [5, 5.41) is 10.6. The van der Waals surface area contributed by atoms with Crippen LogP contribution in [0, 0.1) is 17.1 Å². The van der Waals surface area contributed by atoms with E-state index in [4.69, 9.17) is 5.26 Å². The van der Waals surface area contributed by atoms with E-state index in [2.05, 4.69) is 16.0 Å². The lowest BCUT2D eigenvalue weighted by Crippen LogP contribution is -1.74. The molecule has 0 saturated carbocycles. The lowest BCUT2D eigenvalue weighted by atomic mass is 10.3. The van der Waals surface area contributed by atoms with Crippen molar-refractivity contribution in [1.29, 1.82) is 5.26 Å². The number of thiophene rings is 1. The molecule has 0 aliphatic heterocycles. The molecule has 82 valence electrons. The monoisotopic (exact) mass is 243 g/mol. The lowest BCUT2D eigenvalue weighted by Gasteiger charge is -1.87. The molecular weight excluding hydrogens is 237 g/mol. The van der Waals surface area contributed by atoms with Crippen LogP contribution in [-0.4, -0.2) is 9.97 Å². The van der Waals surface area contributed by atoms with Crippen LogP contribution in [0.25, 0.3) is 22.4 Å². The Morgan fingerprint density at radius 1 is 1.35 bits per heavy atom. The number of aromatic amines is 1. The van der Waals surface area contributed by atoms with Crippen LogP contribution in [0.15, 0.2) is 29.6 Å². The third-order valence-corrected chi connectivity index (χ3v) is 3.26. The van der Waals surface area contributed by atoms with Crippen molar-refractivity contribution in [3.63, 3.8) is 0 Å². The third-order valence-electron chi connectivity index (χ3n) is 2.43. The molecule has 0 saturated heterocycles. The van der Waals surface area contributed by atoms with Gasteiger partial charge in [0.1, 0.15) is 22.6 Å². The number of hydrogen-bond acceptors (Lipinski definition) is 3. The van der Waals surface area contributed by atoms with Gasteiger partial charge in [0, 0.05) is 10.9 Å². The zero-order chi connectivity index (χ0) is 11.8. The number of nitrogens with one attached hydrogen (secondary N) is 1. The Bertz CT molecular complexity index is 736. The average Bonchev–Trinajstić information content (AvgIpc) is 2.93. The number of nitriles is 1. The van der Waals surface area contributed by atoms with E-state index in [0.717, 1.165) is 5.56 Å². The minimum Gasteiger partial charge on any atom is -0.338 e. The van der Waals surface area contributed by atoms with E-state index in [1.165, 1.54) is 23.5 Å². The van der Waals surface area contributed by atoms with Crippen molar-refractivity contribution in [2.24, 2.45) is 0 Å². The molecule has 1 aromatic carbocycles. The smallest absolute Gasteiger partial charge is 0.139 e. The Kier molecular flexibility index (Phi) is 2.16. The van der Waals surface area contributed by atoms with E-state index in [1.807, 2.05) is 5.38 Å². The lowest BCUT2D eigenvalue weighted by molar-refractivity contribution is 0.629. The first kappa shape index (κ1) is 10.00. The number of halogens is 1. The average molecular weight is 243 g/mol. The Balaban J connectivity index is 2.15. The van der Waals surface area contributed by atoms with Gasteiger partial charge in [0.2, 0.25) is 0 Å². The largest absolute Gasteiger partial charge is 0.338 e. The maximum Gasteiger partial charge on any atom is 0.139 e. The van der Waals surface area contributed by atoms with Crippen LogP contribution < -0.4 is 0 Å². The van der Waals surface area contributed by atoms with Gasteiger partial charge >= 0.3 is 0 Å². The minimum atomic E-state index is -0.296. The van der Waals surface area contributed by atoms with Gasteiger partial charge < -0.3 is 4.98 Å². The van der Waals surface area contributed by atoms with Gasteiger partial charge in [0.25, 0.3) is 0 Å². The number of fused-ring (bicyclic) bond motifs is 1. The molecule has 5 heteroatoms. The highest BCUT2D eigenvalue weighted by Crippen LogP contribution is 2.25. The molecule has 0 aliphatic rings. The van der Waals surface area contributed by atoms with Crippen molar-refractivity contribution in [2.45, 2.75) is 0 Å². The van der Waals surface area contributed by atoms with Crippen LogP contribution in [-0.2, 0) is 0 Å². The first-order valence-corrected chi connectivity index (χ1v) is 5.78. The highest BCUT2D eigenvalue weighted by Gasteiger charge is 2.08. The maximum atomic E-state index is 13.0. The molecule has 1 N–H and O–H groups in total. The number of rotatable bonds is 1. The molecule has 0 fully saturated rings. The van der Waals surface area contributed by atoms with Crippen LogP contribution in [0.4, 0.5) is 4.39 Å². The van der Waals surface area contributed by atoms with Crippen molar-refractivity contribution >= 4 is 22.4 Å². The molecule has 0 unspecified atom stereocenters. The van der Waals surface area contributed by atoms with E-state index in [-0.39, 0.29) is 5.82 Å². The van der Waals surface area contributed by atoms with Gasteiger partial charge in [-0.15, -0.1) is 11.3 Å². The molecule has 3 aromatic rings. The number of nitrogens with zero attached hydrogens (tertiary/aromatic N) is 2. The molecular formula is C12H6FN3S. The second-order valence-electron chi connectivity index (χ2n) is 3.56. The maximum absolute atomic E-state index is 13.0. The van der Waals surface area contributed by atoms with Crippen LogP contribution >= 0.6 is 11.3 Å². The van der Waals surface area contributed by atoms with Crippen molar-refractivity contribution in [3.8, 4) is 17.5 Å². The quantitative estimate of drug-likeness (QED) is 0.712. The van der Waals surface area contributed by atoms with Gasteiger partial charge in [-0.3, -0.25) is 0 Å². The van der Waals surface area contributed by atoms with Crippen LogP contribution in [0.5, 0.6) is 0 Å². The summed E-state index contributed by atoms with van der Waals surface area (Å²) in [4.78, 5) is 8.01. The first-order valence-electron chi connectivity index (χ1n) is 4.90. The van der Waals surface area contributed by atoms with Gasteiger partial charge in [0.05, 0.1) is 11.0 Å². The number of imidazole rings is 1. The zero-order valence-corrected chi connectivity index (χ0v) is 9.38. The summed E-state index contributed by atoms with van der Waals surface area (Å²) in [7, 11) is 0. The van der Waals surface area contributed by atoms with Gasteiger partial charge in [-0.1, -0.05) is 0 Å². The molecule has 0 radical (unpaired) electrons. The Hall–Kier alpha value is -2.19. The minimum absolute atomic E-state index is 0.296. The normalized spacial score (nSPS) is 10.6. The van der Waals surface area contributed by atoms with Gasteiger partial charge in [-0.25, -0.2) is 9.37 Å². The van der Waals surface area contributed by atoms with Crippen LogP contribution in [0.3, 0.4) is 0 Å². The van der Waals surface area contributed by atoms with Crippen molar-refractivity contribution in [2.75, 3.05) is 0 Å². The molecule has 0 amide bonds. The molecule has 3 rings (SSSR count). The molecule has 0 atom stereocenters. The Labute approximate surface area is 100 Å². The number of hydrogen-bond donors (Lipinski definition) is 1. The molecule has 0 bridgehead atoms. The highest BCUT2D eigenvalue weighted by atomic mass is 32.1. The number of benzene rings is 1. The van der Waals surface area contributed by atoms with E-state index in [1.54, 1.807) is 12.1 Å². The fourth-order valence-electron chi connectivity index (χ4n) is 1.64. The molecule has 0 spiro atoms. The predicted molar refractivity (Wildman–Crippen MR) is 64.1 cm³/mol. The topological polar surface area (TPSA) is 52.5 Å². The fraction of sp³-hybridized carbons (Fsp3) is 0. The fourth-order valence-corrected chi connectivity index (χ4v) is 2.32. The molecule has 3 nitrogen and oxygen atoms in total. The van der Waals surface area contributed by atoms with E-state index in [0.29, 0.717) is 21.7 Å². The summed E-state index contributed by atoms with van der Waals surface area (Å²) >= 11 is 1.36. The molecule has 2 aromatic heterocycles. The Morgan fingerprint density at radius 3 is 3.00 bits per heavy atom. The second kappa shape index (κ2) is 3.68. The van der Waals surface area contributed by atoms with Crippen molar-refractivity contribution < 1.29 is 4.39 Å². The third kappa shape index (κ3) is 1.69. The SMILES string of the molecule is N#Cc1cc(-c2nc3ccc(F)cc3[nH]2)cs1. The molecule has 2 heterocycles. The van der Waals surface area contributed by atoms with E-state index < -0.39 is 0 Å². The van der Waals surface area contributed by atoms with Crippen LogP contribution in [0.2, 0.25) is 0 Å². The summed E-state index contributed by atoms with van der Waals surface area (Å²) in [6, 6.07) is 8.25. The zero-order valence-electron chi connectivity index (χ0n) is 8.57. The van der Waals surface area contributed by atoms with Gasteiger partial charge in [-0.2, -0.15) is 5.26 Å². The summed E-state index contributed by atoms with van der Waals surface area (Å²) < 4.78 is 13.0. The summed E-state index contributed by atoms with van der Waals surface area (Å²) in [6.07, 6.45) is 0. The van der Waals surface area contributed by atoms with Gasteiger partial charge in [0.15, 0.2) is 0 Å². The standard InChI is InChI=1S/C12H6FN3S/c13-8-1-2-10-11(4-8)16-12(15-10)7-3-9(5-14)17-6-7/h1-4,6H,(H,15,16). The van der Waals surface area contributed by atoms with Gasteiger partial charge in [-0.05, 0) is 24.3 Å². The number of H-pyrrole nitrogens is 1. The summed E-state index contributed by atoms with van der Waals surface area (Å²) in [5.74, 6) is 0.360. The van der Waals surface area contributed by atoms with E-state index in [9.17, 15) is 4.39 Å². The van der Waals surface area contributed by atoms with E-state index >= 15 is 0 Å². The van der Waals surface area contributed by atoms with Crippen molar-refractivity contribution in [1.82, 2.24) is 9.97 Å². The summed E-state index contributed by atoms with van der Waals surface area (Å²) in [6.45, 7) is 0. The second-order valence-corrected chi connectivity index (χ2v) is 4.47. The molecule has 0 aliphatic carbocycles. The van der Waals surface area contributed by atoms with Crippen molar-refractivity contribution in [3.05, 3.63) is 40.3 Å². The molecule has 17 heavy (non-hydrogen) atoms.